The first-order valence-electron chi connectivity index (χ1n) is 7.18. The number of carbonyl (C=O) groups excluding carboxylic acids is 1. The average molecular weight is 321 g/mol. The summed E-state index contributed by atoms with van der Waals surface area (Å²) in [5, 5.41) is 10.6. The van der Waals surface area contributed by atoms with E-state index in [4.69, 9.17) is 0 Å². The molecule has 5 nitrogen and oxygen atoms in total. The van der Waals surface area contributed by atoms with Gasteiger partial charge in [-0.1, -0.05) is 6.07 Å². The lowest BCUT2D eigenvalue weighted by Crippen LogP contribution is -2.27. The standard InChI is InChI=1S/C16H20N4O.ClH/c1-10(15-9-18-20(3)11(15)2)19-16(21)12-4-5-13-7-17-8-14(13)6-12;/h4-6,9-10,17H,7-8H2,1-3H3,(H,19,21);1H. The Bertz CT molecular complexity index is 695. The summed E-state index contributed by atoms with van der Waals surface area (Å²) in [4.78, 5) is 12.4. The van der Waals surface area contributed by atoms with Crippen LogP contribution < -0.4 is 10.6 Å². The van der Waals surface area contributed by atoms with Gasteiger partial charge < -0.3 is 10.6 Å². The van der Waals surface area contributed by atoms with Gasteiger partial charge in [-0.15, -0.1) is 12.4 Å². The fraction of sp³-hybridized carbons (Fsp3) is 0.375. The Morgan fingerprint density at radius 2 is 2.09 bits per heavy atom. The fourth-order valence-corrected chi connectivity index (χ4v) is 2.73. The Morgan fingerprint density at radius 3 is 2.77 bits per heavy atom. The van der Waals surface area contributed by atoms with E-state index in [1.807, 2.05) is 50.0 Å². The van der Waals surface area contributed by atoms with Crippen molar-refractivity contribution < 1.29 is 4.79 Å². The molecule has 0 saturated heterocycles. The van der Waals surface area contributed by atoms with Crippen LogP contribution in [0.25, 0.3) is 0 Å². The number of hydrogen-bond acceptors (Lipinski definition) is 3. The molecule has 0 fully saturated rings. The number of rotatable bonds is 3. The zero-order valence-corrected chi connectivity index (χ0v) is 13.8. The van der Waals surface area contributed by atoms with Crippen molar-refractivity contribution in [3.8, 4) is 0 Å². The number of amides is 1. The van der Waals surface area contributed by atoms with Crippen molar-refractivity contribution in [3.63, 3.8) is 0 Å². The number of aromatic nitrogens is 2. The van der Waals surface area contributed by atoms with Crippen molar-refractivity contribution in [1.82, 2.24) is 20.4 Å². The van der Waals surface area contributed by atoms with Gasteiger partial charge in [0.25, 0.3) is 5.91 Å². The minimum atomic E-state index is -0.0578. The number of halogens is 1. The van der Waals surface area contributed by atoms with Crippen LogP contribution in [0, 0.1) is 6.92 Å². The van der Waals surface area contributed by atoms with Gasteiger partial charge in [0, 0.05) is 37.0 Å². The summed E-state index contributed by atoms with van der Waals surface area (Å²) in [6.45, 7) is 5.72. The highest BCUT2D eigenvalue weighted by atomic mass is 35.5. The van der Waals surface area contributed by atoms with Gasteiger partial charge in [-0.3, -0.25) is 9.48 Å². The van der Waals surface area contributed by atoms with E-state index < -0.39 is 0 Å². The van der Waals surface area contributed by atoms with Gasteiger partial charge in [0.1, 0.15) is 0 Å². The largest absolute Gasteiger partial charge is 0.345 e. The zero-order chi connectivity index (χ0) is 15.0. The average Bonchev–Trinajstić information content (AvgIpc) is 3.05. The maximum atomic E-state index is 12.4. The van der Waals surface area contributed by atoms with Crippen molar-refractivity contribution in [2.75, 3.05) is 0 Å². The second kappa shape index (κ2) is 6.50. The van der Waals surface area contributed by atoms with E-state index in [1.165, 1.54) is 11.1 Å². The van der Waals surface area contributed by atoms with Crippen LogP contribution in [-0.2, 0) is 20.1 Å². The molecule has 1 aliphatic rings. The van der Waals surface area contributed by atoms with E-state index >= 15 is 0 Å². The Morgan fingerprint density at radius 1 is 1.36 bits per heavy atom. The summed E-state index contributed by atoms with van der Waals surface area (Å²) in [7, 11) is 1.90. The number of carbonyl (C=O) groups is 1. The topological polar surface area (TPSA) is 59.0 Å². The van der Waals surface area contributed by atoms with Crippen LogP contribution in [-0.4, -0.2) is 15.7 Å². The Hall–Kier alpha value is -1.85. The fourth-order valence-electron chi connectivity index (χ4n) is 2.73. The van der Waals surface area contributed by atoms with Crippen LogP contribution in [0.3, 0.4) is 0 Å². The molecular formula is C16H21ClN4O. The van der Waals surface area contributed by atoms with Crippen molar-refractivity contribution in [2.24, 2.45) is 7.05 Å². The molecule has 1 atom stereocenters. The van der Waals surface area contributed by atoms with Crippen LogP contribution in [0.2, 0.25) is 0 Å². The predicted octanol–water partition coefficient (Wildman–Crippen LogP) is 2.24. The maximum Gasteiger partial charge on any atom is 0.251 e. The van der Waals surface area contributed by atoms with E-state index in [9.17, 15) is 4.79 Å². The minimum Gasteiger partial charge on any atom is -0.345 e. The predicted molar refractivity (Wildman–Crippen MR) is 88.1 cm³/mol. The zero-order valence-electron chi connectivity index (χ0n) is 13.0. The Kier molecular flexibility index (Phi) is 4.88. The molecule has 0 radical (unpaired) electrons. The molecule has 1 unspecified atom stereocenters. The van der Waals surface area contributed by atoms with Crippen LogP contribution in [0.1, 0.15) is 45.7 Å². The van der Waals surface area contributed by atoms with Gasteiger partial charge in [0.2, 0.25) is 0 Å². The molecule has 1 aliphatic heterocycles. The second-order valence-corrected chi connectivity index (χ2v) is 5.59. The first-order chi connectivity index (χ1) is 10.1. The molecule has 2 N–H and O–H groups in total. The molecule has 0 spiro atoms. The molecule has 1 aromatic heterocycles. The van der Waals surface area contributed by atoms with E-state index in [2.05, 4.69) is 15.7 Å². The highest BCUT2D eigenvalue weighted by Gasteiger charge is 2.17. The Balaban J connectivity index is 0.00000176. The summed E-state index contributed by atoms with van der Waals surface area (Å²) in [5.74, 6) is -0.0412. The third kappa shape index (κ3) is 3.00. The van der Waals surface area contributed by atoms with Crippen LogP contribution >= 0.6 is 12.4 Å². The lowest BCUT2D eigenvalue weighted by molar-refractivity contribution is 0.0939. The van der Waals surface area contributed by atoms with Crippen molar-refractivity contribution in [1.29, 1.82) is 0 Å². The third-order valence-electron chi connectivity index (χ3n) is 4.19. The van der Waals surface area contributed by atoms with Gasteiger partial charge in [-0.2, -0.15) is 5.10 Å². The highest BCUT2D eigenvalue weighted by molar-refractivity contribution is 5.94. The monoisotopic (exact) mass is 320 g/mol. The molecule has 3 rings (SSSR count). The van der Waals surface area contributed by atoms with Crippen molar-refractivity contribution >= 4 is 18.3 Å². The van der Waals surface area contributed by atoms with E-state index in [-0.39, 0.29) is 24.4 Å². The van der Waals surface area contributed by atoms with E-state index in [1.54, 1.807) is 0 Å². The lowest BCUT2D eigenvalue weighted by atomic mass is 10.0. The summed E-state index contributed by atoms with van der Waals surface area (Å²) in [6.07, 6.45) is 1.81. The molecule has 0 saturated carbocycles. The molecule has 118 valence electrons. The summed E-state index contributed by atoms with van der Waals surface area (Å²) < 4.78 is 1.82. The summed E-state index contributed by atoms with van der Waals surface area (Å²) in [5.41, 5.74) is 5.33. The number of nitrogens with one attached hydrogen (secondary N) is 2. The number of fused-ring (bicyclic) bond motifs is 1. The SMILES string of the molecule is Cc1c(C(C)NC(=O)c2ccc3c(c2)CNC3)cnn1C.Cl. The first-order valence-corrected chi connectivity index (χ1v) is 7.18. The number of hydrogen-bond donors (Lipinski definition) is 2. The van der Waals surface area contributed by atoms with Gasteiger partial charge in [0.05, 0.1) is 12.2 Å². The number of benzene rings is 1. The van der Waals surface area contributed by atoms with Crippen molar-refractivity contribution in [2.45, 2.75) is 33.0 Å². The van der Waals surface area contributed by atoms with Crippen LogP contribution in [0.5, 0.6) is 0 Å². The van der Waals surface area contributed by atoms with E-state index in [0.717, 1.165) is 24.3 Å². The summed E-state index contributed by atoms with van der Waals surface area (Å²) in [6, 6.07) is 5.85. The molecule has 0 bridgehead atoms. The molecule has 2 heterocycles. The van der Waals surface area contributed by atoms with Gasteiger partial charge in [0.15, 0.2) is 0 Å². The van der Waals surface area contributed by atoms with Gasteiger partial charge >= 0.3 is 0 Å². The highest BCUT2D eigenvalue weighted by Crippen LogP contribution is 2.19. The third-order valence-corrected chi connectivity index (χ3v) is 4.19. The molecular weight excluding hydrogens is 300 g/mol. The van der Waals surface area contributed by atoms with E-state index in [0.29, 0.717) is 5.56 Å². The molecule has 1 amide bonds. The quantitative estimate of drug-likeness (QED) is 0.912. The van der Waals surface area contributed by atoms with Crippen molar-refractivity contribution in [3.05, 3.63) is 52.3 Å². The number of nitrogens with zero attached hydrogens (tertiary/aromatic N) is 2. The number of aryl methyl sites for hydroxylation is 1. The van der Waals surface area contributed by atoms with Gasteiger partial charge in [-0.05, 0) is 37.1 Å². The molecule has 22 heavy (non-hydrogen) atoms. The molecule has 1 aromatic carbocycles. The lowest BCUT2D eigenvalue weighted by Gasteiger charge is -2.14. The van der Waals surface area contributed by atoms with Crippen LogP contribution in [0.4, 0.5) is 0 Å². The minimum absolute atomic E-state index is 0. The second-order valence-electron chi connectivity index (χ2n) is 5.59. The van der Waals surface area contributed by atoms with Crippen LogP contribution in [0.15, 0.2) is 24.4 Å². The van der Waals surface area contributed by atoms with Gasteiger partial charge in [-0.25, -0.2) is 0 Å². The molecule has 6 heteroatoms. The molecule has 0 aliphatic carbocycles. The summed E-state index contributed by atoms with van der Waals surface area (Å²) >= 11 is 0. The molecule has 2 aromatic rings. The maximum absolute atomic E-state index is 12.4. The Labute approximate surface area is 136 Å². The smallest absolute Gasteiger partial charge is 0.251 e. The first kappa shape index (κ1) is 16.5. The normalized spacial score (nSPS) is 14.1.